The molecule has 0 radical (unpaired) electrons. The largest absolute Gasteiger partial charge is 0.389 e. The molecule has 1 spiro atoms. The van der Waals surface area contributed by atoms with Gasteiger partial charge in [0.2, 0.25) is 0 Å². The van der Waals surface area contributed by atoms with Gasteiger partial charge in [-0.3, -0.25) is 0 Å². The van der Waals surface area contributed by atoms with Crippen molar-refractivity contribution in [1.29, 1.82) is 5.26 Å². The van der Waals surface area contributed by atoms with E-state index in [1.54, 1.807) is 17.5 Å². The lowest BCUT2D eigenvalue weighted by Crippen LogP contribution is -2.35. The molecule has 0 aromatic carbocycles. The number of pyridine rings is 1. The predicted octanol–water partition coefficient (Wildman–Crippen LogP) is 5.83. The summed E-state index contributed by atoms with van der Waals surface area (Å²) in [5.74, 6) is 2.62. The molecule has 1 fully saturated rings. The summed E-state index contributed by atoms with van der Waals surface area (Å²) in [6.07, 6.45) is 11.3. The van der Waals surface area contributed by atoms with Gasteiger partial charge < -0.3 is 26.2 Å². The zero-order valence-electron chi connectivity index (χ0n) is 27.7. The summed E-state index contributed by atoms with van der Waals surface area (Å²) >= 11 is 1.55. The third-order valence-corrected chi connectivity index (χ3v) is 12.1. The van der Waals surface area contributed by atoms with Gasteiger partial charge in [0.25, 0.3) is 0 Å². The Bertz CT molecular complexity index is 2050. The Kier molecular flexibility index (Phi) is 7.60. The maximum atomic E-state index is 10.2. The third kappa shape index (κ3) is 4.60. The molecule has 5 N–H and O–H groups in total. The van der Waals surface area contributed by atoms with Crippen molar-refractivity contribution in [3.8, 4) is 17.6 Å². The highest BCUT2D eigenvalue weighted by Crippen LogP contribution is 2.55. The molecule has 1 saturated heterocycles. The summed E-state index contributed by atoms with van der Waals surface area (Å²) in [4.78, 5) is 18.3. The van der Waals surface area contributed by atoms with Crippen LogP contribution >= 0.6 is 11.3 Å². The summed E-state index contributed by atoms with van der Waals surface area (Å²) in [6.45, 7) is 8.13. The zero-order chi connectivity index (χ0) is 33.2. The molecule has 13 heteroatoms. The monoisotopic (exact) mass is 663 g/mol. The third-order valence-electron chi connectivity index (χ3n) is 11.0. The number of aryl methyl sites for hydroxylation is 1. The summed E-state index contributed by atoms with van der Waals surface area (Å²) in [5, 5.41) is 24.9. The van der Waals surface area contributed by atoms with Crippen LogP contribution in [-0.4, -0.2) is 49.0 Å². The van der Waals surface area contributed by atoms with E-state index in [1.165, 1.54) is 4.88 Å². The highest BCUT2D eigenvalue weighted by Gasteiger charge is 2.49. The molecule has 248 valence electrons. The van der Waals surface area contributed by atoms with E-state index in [4.69, 9.17) is 36.2 Å². The van der Waals surface area contributed by atoms with Crippen LogP contribution in [0.15, 0.2) is 29.0 Å². The Morgan fingerprint density at radius 3 is 2.79 bits per heavy atom. The summed E-state index contributed by atoms with van der Waals surface area (Å²) in [6, 6.07) is 6.63. The number of nitrogen functional groups attached to an aromatic ring is 2. The minimum Gasteiger partial charge on any atom is -0.389 e. The number of anilines is 3. The average molecular weight is 664 g/mol. The quantitative estimate of drug-likeness (QED) is 0.191. The number of nitrogens with zero attached hydrogens (tertiary/aromatic N) is 8. The smallest absolute Gasteiger partial charge is 0.186 e. The molecule has 5 aromatic heterocycles. The molecule has 48 heavy (non-hydrogen) atoms. The first-order valence-corrected chi connectivity index (χ1v) is 17.9. The van der Waals surface area contributed by atoms with Crippen LogP contribution in [0, 0.1) is 11.3 Å². The number of fused-ring (bicyclic) bond motifs is 5. The van der Waals surface area contributed by atoms with Gasteiger partial charge in [-0.1, -0.05) is 11.2 Å². The number of nitrogens with two attached hydrogens (primary N) is 2. The highest BCUT2D eigenvalue weighted by molar-refractivity contribution is 7.16. The molecule has 0 saturated carbocycles. The van der Waals surface area contributed by atoms with E-state index in [2.05, 4.69) is 42.0 Å². The number of nitriles is 1. The summed E-state index contributed by atoms with van der Waals surface area (Å²) in [7, 11) is 0. The first-order chi connectivity index (χ1) is 23.4. The van der Waals surface area contributed by atoms with E-state index in [-0.39, 0.29) is 12.1 Å². The number of nitrogens with one attached hydrogen (secondary N) is 1. The lowest BCUT2D eigenvalue weighted by molar-refractivity contribution is 0.265. The predicted molar refractivity (Wildman–Crippen MR) is 187 cm³/mol. The number of hydrogen-bond acceptors (Lipinski definition) is 12. The van der Waals surface area contributed by atoms with Crippen molar-refractivity contribution in [3.63, 3.8) is 0 Å². The molecular formula is C35H41N11OS. The molecular weight excluding hydrogens is 623 g/mol. The summed E-state index contributed by atoms with van der Waals surface area (Å²) in [5.41, 5.74) is 17.4. The number of aromatic nitrogens is 6. The fourth-order valence-electron chi connectivity index (χ4n) is 8.60. The van der Waals surface area contributed by atoms with Gasteiger partial charge in [0.1, 0.15) is 22.7 Å². The van der Waals surface area contributed by atoms with Crippen molar-refractivity contribution >= 4 is 39.0 Å². The minimum atomic E-state index is -0.426. The molecule has 4 unspecified atom stereocenters. The van der Waals surface area contributed by atoms with Gasteiger partial charge in [-0.2, -0.15) is 10.4 Å². The van der Waals surface area contributed by atoms with Crippen molar-refractivity contribution in [2.24, 2.45) is 0 Å². The van der Waals surface area contributed by atoms with Gasteiger partial charge in [0, 0.05) is 34.8 Å². The van der Waals surface area contributed by atoms with E-state index in [0.29, 0.717) is 40.5 Å². The first kappa shape index (κ1) is 30.8. The Labute approximate surface area is 283 Å². The van der Waals surface area contributed by atoms with E-state index in [1.807, 2.05) is 23.0 Å². The van der Waals surface area contributed by atoms with Gasteiger partial charge in [0.05, 0.1) is 34.6 Å². The fraction of sp³-hybridized carbons (Fsp3) is 0.486. The van der Waals surface area contributed by atoms with Crippen LogP contribution in [0.25, 0.3) is 22.6 Å². The molecule has 1 aliphatic heterocycles. The van der Waals surface area contributed by atoms with Crippen LogP contribution in [0.3, 0.4) is 0 Å². The van der Waals surface area contributed by atoms with Crippen LogP contribution in [0.5, 0.6) is 0 Å². The number of thiophene rings is 1. The highest BCUT2D eigenvalue weighted by atomic mass is 32.1. The Morgan fingerprint density at radius 2 is 2.04 bits per heavy atom. The SMILES string of the molecule is CCN(c1nc(-c2noc3c2CCCC32CCCc3sc(N)c(C#N)c32)nc2c1cnn2C(C)C1CCCN1)C(C)c1cccnc1N. The van der Waals surface area contributed by atoms with Gasteiger partial charge in [-0.05, 0) is 90.3 Å². The molecule has 6 heterocycles. The fourth-order valence-corrected chi connectivity index (χ4v) is 9.76. The van der Waals surface area contributed by atoms with Gasteiger partial charge in [0.15, 0.2) is 22.9 Å². The van der Waals surface area contributed by atoms with Crippen molar-refractivity contribution in [3.05, 3.63) is 57.4 Å². The van der Waals surface area contributed by atoms with Gasteiger partial charge in [-0.25, -0.2) is 19.6 Å². The second-order valence-corrected chi connectivity index (χ2v) is 14.6. The molecule has 12 nitrogen and oxygen atoms in total. The van der Waals surface area contributed by atoms with Crippen LogP contribution < -0.4 is 21.7 Å². The standard InChI is InChI=1S/C35H41N11OS/c1-4-45(19(2)21-10-7-16-40-30(21)37)33-24-18-41-46(20(3)25-11-8-15-39-25)34(24)43-32(42-33)28-22-9-5-13-35(29(22)47-44-28)14-6-12-26-27(35)23(17-36)31(38)48-26/h7,10,16,18-20,25,39H,4-6,8-9,11-15,38H2,1-3H3,(H2,37,40). The molecule has 3 aliphatic rings. The van der Waals surface area contributed by atoms with E-state index < -0.39 is 5.41 Å². The normalized spacial score (nSPS) is 21.6. The lowest BCUT2D eigenvalue weighted by Gasteiger charge is -2.39. The van der Waals surface area contributed by atoms with Crippen LogP contribution in [0.1, 0.15) is 104 Å². The van der Waals surface area contributed by atoms with Gasteiger partial charge >= 0.3 is 0 Å². The number of hydrogen-bond donors (Lipinski definition) is 3. The molecule has 8 rings (SSSR count). The van der Waals surface area contributed by atoms with Crippen molar-refractivity contribution in [2.45, 2.75) is 95.7 Å². The van der Waals surface area contributed by atoms with Crippen LogP contribution in [0.2, 0.25) is 0 Å². The summed E-state index contributed by atoms with van der Waals surface area (Å²) < 4.78 is 8.41. The molecule has 4 atom stereocenters. The average Bonchev–Trinajstić information content (AvgIpc) is 3.91. The van der Waals surface area contributed by atoms with Crippen molar-refractivity contribution < 1.29 is 4.52 Å². The minimum absolute atomic E-state index is 0.0886. The zero-order valence-corrected chi connectivity index (χ0v) is 28.5. The van der Waals surface area contributed by atoms with Crippen LogP contribution in [-0.2, 0) is 18.3 Å². The van der Waals surface area contributed by atoms with Gasteiger partial charge in [-0.15, -0.1) is 11.3 Å². The van der Waals surface area contributed by atoms with Crippen molar-refractivity contribution in [1.82, 2.24) is 35.2 Å². The lowest BCUT2D eigenvalue weighted by atomic mass is 9.63. The van der Waals surface area contributed by atoms with E-state index in [0.717, 1.165) is 97.2 Å². The first-order valence-electron chi connectivity index (χ1n) is 17.1. The molecule has 2 aliphatic carbocycles. The second-order valence-electron chi connectivity index (χ2n) is 13.5. The maximum Gasteiger partial charge on any atom is 0.186 e. The topological polar surface area (TPSA) is 174 Å². The Balaban J connectivity index is 1.31. The Hall–Kier alpha value is -4.54. The second kappa shape index (κ2) is 11.9. The van der Waals surface area contributed by atoms with E-state index >= 15 is 0 Å². The molecule has 0 bridgehead atoms. The number of rotatable bonds is 7. The van der Waals surface area contributed by atoms with Crippen LogP contribution in [0.4, 0.5) is 16.6 Å². The van der Waals surface area contributed by atoms with Crippen molar-refractivity contribution in [2.75, 3.05) is 29.5 Å². The Morgan fingerprint density at radius 1 is 1.21 bits per heavy atom. The maximum absolute atomic E-state index is 10.2. The van der Waals surface area contributed by atoms with E-state index in [9.17, 15) is 5.26 Å². The molecule has 0 amide bonds. The molecule has 5 aromatic rings.